The molecule has 0 bridgehead atoms. The lowest BCUT2D eigenvalue weighted by atomic mass is 9.97. The van der Waals surface area contributed by atoms with Crippen LogP contribution in [0.4, 0.5) is 5.69 Å². The normalized spacial score (nSPS) is 18.8. The molecule has 0 saturated carbocycles. The number of rotatable bonds is 6. The molecule has 30 heavy (non-hydrogen) atoms. The van der Waals surface area contributed by atoms with Crippen LogP contribution in [-0.4, -0.2) is 57.4 Å². The van der Waals surface area contributed by atoms with Crippen LogP contribution in [0, 0.1) is 5.92 Å². The molecule has 3 aromatic rings. The Labute approximate surface area is 175 Å². The molecule has 9 nitrogen and oxygen atoms in total. The summed E-state index contributed by atoms with van der Waals surface area (Å²) in [6.45, 7) is 5.99. The van der Waals surface area contributed by atoms with Crippen molar-refractivity contribution in [1.82, 2.24) is 25.0 Å². The van der Waals surface area contributed by atoms with Crippen molar-refractivity contribution >= 4 is 16.7 Å². The first kappa shape index (κ1) is 19.4. The maximum absolute atomic E-state index is 6.09. The average Bonchev–Trinajstić information content (AvgIpc) is 3.42. The van der Waals surface area contributed by atoms with Crippen LogP contribution in [0.3, 0.4) is 0 Å². The second-order valence-electron chi connectivity index (χ2n) is 8.04. The van der Waals surface area contributed by atoms with Gasteiger partial charge in [-0.3, -0.25) is 0 Å². The minimum absolute atomic E-state index is 0.331. The van der Waals surface area contributed by atoms with E-state index in [1.54, 1.807) is 0 Å². The van der Waals surface area contributed by atoms with Gasteiger partial charge in [0.25, 0.3) is 5.89 Å². The number of nitrogens with zero attached hydrogens (tertiary/aromatic N) is 5. The van der Waals surface area contributed by atoms with E-state index < -0.39 is 0 Å². The summed E-state index contributed by atoms with van der Waals surface area (Å²) in [4.78, 5) is 4.66. The maximum atomic E-state index is 6.09. The number of aromatic nitrogens is 5. The maximum Gasteiger partial charge on any atom is 0.251 e. The minimum atomic E-state index is 0.331. The van der Waals surface area contributed by atoms with Crippen LogP contribution in [0.25, 0.3) is 22.5 Å². The van der Waals surface area contributed by atoms with Crippen LogP contribution >= 0.6 is 0 Å². The molecule has 0 spiro atoms. The van der Waals surface area contributed by atoms with Gasteiger partial charge in [-0.1, -0.05) is 0 Å². The summed E-state index contributed by atoms with van der Waals surface area (Å²) in [5, 5.41) is 17.9. The standard InChI is InChI=1S/C21H28N6O3/c1-2-27-20-16(13-23-27)19(24-15-5-9-29-10-6-15)17(12-22-20)21-26-25-18(30-21)11-14-3-7-28-8-4-14/h12-15H,2-11H2,1H3,(H,22,24). The van der Waals surface area contributed by atoms with E-state index in [-0.39, 0.29) is 0 Å². The van der Waals surface area contributed by atoms with Gasteiger partial charge in [0.05, 0.1) is 22.8 Å². The van der Waals surface area contributed by atoms with E-state index in [4.69, 9.17) is 13.9 Å². The minimum Gasteiger partial charge on any atom is -0.421 e. The summed E-state index contributed by atoms with van der Waals surface area (Å²) in [6, 6.07) is 0.331. The summed E-state index contributed by atoms with van der Waals surface area (Å²) in [5.74, 6) is 1.72. The van der Waals surface area contributed by atoms with Gasteiger partial charge in [-0.2, -0.15) is 5.10 Å². The number of aryl methyl sites for hydroxylation is 1. The fourth-order valence-corrected chi connectivity index (χ4v) is 4.26. The van der Waals surface area contributed by atoms with Crippen LogP contribution in [-0.2, 0) is 22.4 Å². The lowest BCUT2D eigenvalue weighted by Crippen LogP contribution is -2.28. The highest BCUT2D eigenvalue weighted by Gasteiger charge is 2.23. The van der Waals surface area contributed by atoms with E-state index in [1.807, 2.05) is 17.1 Å². The molecule has 2 fully saturated rings. The predicted molar refractivity (Wildman–Crippen MR) is 111 cm³/mol. The Bertz CT molecular complexity index is 988. The first-order valence-corrected chi connectivity index (χ1v) is 10.9. The largest absolute Gasteiger partial charge is 0.421 e. The van der Waals surface area contributed by atoms with Crippen LogP contribution < -0.4 is 5.32 Å². The van der Waals surface area contributed by atoms with Gasteiger partial charge in [-0.25, -0.2) is 9.67 Å². The van der Waals surface area contributed by atoms with Crippen molar-refractivity contribution in [3.8, 4) is 11.5 Å². The van der Waals surface area contributed by atoms with Crippen LogP contribution in [0.15, 0.2) is 16.8 Å². The molecule has 0 atom stereocenters. The van der Waals surface area contributed by atoms with Crippen molar-refractivity contribution in [2.24, 2.45) is 5.92 Å². The molecule has 2 aliphatic rings. The molecule has 2 aliphatic heterocycles. The third-order valence-corrected chi connectivity index (χ3v) is 6.04. The van der Waals surface area contributed by atoms with Crippen molar-refractivity contribution in [3.63, 3.8) is 0 Å². The van der Waals surface area contributed by atoms with E-state index in [9.17, 15) is 0 Å². The highest BCUT2D eigenvalue weighted by atomic mass is 16.5. The Morgan fingerprint density at radius 1 is 1.03 bits per heavy atom. The van der Waals surface area contributed by atoms with Gasteiger partial charge in [0.15, 0.2) is 5.65 Å². The monoisotopic (exact) mass is 412 g/mol. The first-order chi connectivity index (χ1) is 14.8. The van der Waals surface area contributed by atoms with Gasteiger partial charge in [0.2, 0.25) is 5.89 Å². The summed E-state index contributed by atoms with van der Waals surface area (Å²) in [6.07, 6.45) is 8.49. The second kappa shape index (κ2) is 8.69. The smallest absolute Gasteiger partial charge is 0.251 e. The molecule has 0 amide bonds. The van der Waals surface area contributed by atoms with Crippen molar-refractivity contribution in [2.75, 3.05) is 31.7 Å². The van der Waals surface area contributed by atoms with E-state index in [1.165, 1.54) is 0 Å². The number of hydrogen-bond donors (Lipinski definition) is 1. The van der Waals surface area contributed by atoms with Crippen molar-refractivity contribution in [2.45, 2.75) is 51.6 Å². The van der Waals surface area contributed by atoms with Crippen LogP contribution in [0.1, 0.15) is 38.5 Å². The van der Waals surface area contributed by atoms with Crippen molar-refractivity contribution < 1.29 is 13.9 Å². The van der Waals surface area contributed by atoms with Gasteiger partial charge in [0, 0.05) is 51.6 Å². The number of hydrogen-bond acceptors (Lipinski definition) is 8. The molecule has 0 aromatic carbocycles. The second-order valence-corrected chi connectivity index (χ2v) is 8.04. The Kier molecular flexibility index (Phi) is 5.63. The molecule has 1 N–H and O–H groups in total. The Morgan fingerprint density at radius 3 is 2.57 bits per heavy atom. The number of ether oxygens (including phenoxy) is 2. The topological polar surface area (TPSA) is 100 Å². The lowest BCUT2D eigenvalue weighted by molar-refractivity contribution is 0.0647. The molecule has 5 heterocycles. The first-order valence-electron chi connectivity index (χ1n) is 10.9. The number of anilines is 1. The van der Waals surface area contributed by atoms with Gasteiger partial charge < -0.3 is 19.2 Å². The molecule has 0 radical (unpaired) electrons. The highest BCUT2D eigenvalue weighted by molar-refractivity contribution is 5.96. The summed E-state index contributed by atoms with van der Waals surface area (Å²) >= 11 is 0. The van der Waals surface area contributed by atoms with Gasteiger partial charge in [-0.15, -0.1) is 10.2 Å². The average molecular weight is 412 g/mol. The zero-order valence-electron chi connectivity index (χ0n) is 17.3. The molecular weight excluding hydrogens is 384 g/mol. The van der Waals surface area contributed by atoms with Gasteiger partial charge in [0.1, 0.15) is 0 Å². The lowest BCUT2D eigenvalue weighted by Gasteiger charge is -2.25. The van der Waals surface area contributed by atoms with Crippen molar-refractivity contribution in [3.05, 3.63) is 18.3 Å². The third-order valence-electron chi connectivity index (χ3n) is 6.04. The zero-order valence-corrected chi connectivity index (χ0v) is 17.3. The molecule has 0 unspecified atom stereocenters. The molecule has 2 saturated heterocycles. The predicted octanol–water partition coefficient (Wildman–Crippen LogP) is 3.06. The quantitative estimate of drug-likeness (QED) is 0.659. The molecule has 9 heteroatoms. The fourth-order valence-electron chi connectivity index (χ4n) is 4.26. The van der Waals surface area contributed by atoms with Gasteiger partial charge >= 0.3 is 0 Å². The fraction of sp³-hybridized carbons (Fsp3) is 0.619. The SMILES string of the molecule is CCn1ncc2c(NC3CCOCC3)c(-c3nnc(CC4CCOCC4)o3)cnc21. The number of nitrogens with one attached hydrogen (secondary N) is 1. The van der Waals surface area contributed by atoms with Crippen LogP contribution in [0.2, 0.25) is 0 Å². The number of pyridine rings is 1. The van der Waals surface area contributed by atoms with E-state index in [2.05, 4.69) is 32.5 Å². The molecule has 3 aromatic heterocycles. The Morgan fingerprint density at radius 2 is 1.80 bits per heavy atom. The molecule has 0 aliphatic carbocycles. The highest BCUT2D eigenvalue weighted by Crippen LogP contribution is 2.34. The Balaban J connectivity index is 1.47. The van der Waals surface area contributed by atoms with E-state index >= 15 is 0 Å². The summed E-state index contributed by atoms with van der Waals surface area (Å²) in [7, 11) is 0. The van der Waals surface area contributed by atoms with Crippen molar-refractivity contribution in [1.29, 1.82) is 0 Å². The third kappa shape index (κ3) is 3.91. The Hall–Kier alpha value is -2.52. The molecular formula is C21H28N6O3. The summed E-state index contributed by atoms with van der Waals surface area (Å²) < 4.78 is 19.0. The number of fused-ring (bicyclic) bond motifs is 1. The van der Waals surface area contributed by atoms with Gasteiger partial charge in [-0.05, 0) is 38.5 Å². The summed E-state index contributed by atoms with van der Waals surface area (Å²) in [5.41, 5.74) is 2.65. The molecule has 160 valence electrons. The van der Waals surface area contributed by atoms with E-state index in [0.717, 1.165) is 87.4 Å². The van der Waals surface area contributed by atoms with Crippen LogP contribution in [0.5, 0.6) is 0 Å². The zero-order chi connectivity index (χ0) is 20.3. The van der Waals surface area contributed by atoms with E-state index in [0.29, 0.717) is 23.7 Å². The molecule has 5 rings (SSSR count).